The number of hydrogen-bond acceptors (Lipinski definition) is 4. The molecule has 0 bridgehead atoms. The molecule has 23 heavy (non-hydrogen) atoms. The fraction of sp³-hybridized carbons (Fsp3) is 0.529. The lowest BCUT2D eigenvalue weighted by Crippen LogP contribution is -2.47. The number of benzene rings is 1. The van der Waals surface area contributed by atoms with Gasteiger partial charge in [0.05, 0.1) is 12.6 Å². The number of aliphatic hydroxyl groups excluding tert-OH is 1. The smallest absolute Gasteiger partial charge is 0.411 e. The Morgan fingerprint density at radius 2 is 1.96 bits per heavy atom. The molecular weight excluding hydrogens is 296 g/mol. The Morgan fingerprint density at radius 3 is 2.57 bits per heavy atom. The highest BCUT2D eigenvalue weighted by Crippen LogP contribution is 2.21. The molecular formula is C17H24N2O4. The summed E-state index contributed by atoms with van der Waals surface area (Å²) in [5.41, 5.74) is 0.332. The third-order valence-electron chi connectivity index (χ3n) is 3.52. The van der Waals surface area contributed by atoms with E-state index in [-0.39, 0.29) is 18.9 Å². The number of nitrogens with one attached hydrogen (secondary N) is 1. The lowest BCUT2D eigenvalue weighted by atomic mass is 10.1. The number of hydrogen-bond donors (Lipinski definition) is 2. The summed E-state index contributed by atoms with van der Waals surface area (Å²) >= 11 is 0. The second-order valence-corrected chi connectivity index (χ2v) is 6.74. The molecule has 1 heterocycles. The molecule has 0 aliphatic carbocycles. The van der Waals surface area contributed by atoms with Crippen LogP contribution in [0.5, 0.6) is 0 Å². The molecule has 1 aliphatic heterocycles. The molecule has 0 aromatic heterocycles. The molecule has 0 saturated carbocycles. The molecule has 2 N–H and O–H groups in total. The Morgan fingerprint density at radius 1 is 1.30 bits per heavy atom. The van der Waals surface area contributed by atoms with Gasteiger partial charge in [0.1, 0.15) is 11.6 Å². The zero-order valence-electron chi connectivity index (χ0n) is 13.8. The minimum atomic E-state index is -0.713. The van der Waals surface area contributed by atoms with Gasteiger partial charge in [-0.3, -0.25) is 9.69 Å². The minimum absolute atomic E-state index is 0.109. The lowest BCUT2D eigenvalue weighted by molar-refractivity contribution is -0.125. The number of nitrogens with zero attached hydrogens (tertiary/aromatic N) is 1. The summed E-state index contributed by atoms with van der Waals surface area (Å²) in [6.45, 7) is 5.79. The zero-order chi connectivity index (χ0) is 17.0. The zero-order valence-corrected chi connectivity index (χ0v) is 13.8. The lowest BCUT2D eigenvalue weighted by Gasteiger charge is -2.27. The van der Waals surface area contributed by atoms with Crippen LogP contribution in [0.2, 0.25) is 0 Å². The van der Waals surface area contributed by atoms with E-state index in [1.165, 1.54) is 4.90 Å². The fourth-order valence-corrected chi connectivity index (χ4v) is 2.49. The van der Waals surface area contributed by atoms with Crippen molar-refractivity contribution in [2.24, 2.45) is 0 Å². The van der Waals surface area contributed by atoms with E-state index in [0.29, 0.717) is 6.54 Å². The predicted octanol–water partition coefficient (Wildman–Crippen LogP) is 1.67. The first-order valence-corrected chi connectivity index (χ1v) is 7.75. The Hall–Kier alpha value is -2.08. The van der Waals surface area contributed by atoms with E-state index in [9.17, 15) is 14.7 Å². The van der Waals surface area contributed by atoms with Crippen molar-refractivity contribution in [1.82, 2.24) is 10.2 Å². The summed E-state index contributed by atoms with van der Waals surface area (Å²) in [6.07, 6.45) is -1.07. The third-order valence-corrected chi connectivity index (χ3v) is 3.52. The monoisotopic (exact) mass is 320 g/mol. The first-order chi connectivity index (χ1) is 10.8. The summed E-state index contributed by atoms with van der Waals surface area (Å²) < 4.78 is 5.31. The van der Waals surface area contributed by atoms with Gasteiger partial charge >= 0.3 is 6.09 Å². The molecule has 0 unspecified atom stereocenters. The minimum Gasteiger partial charge on any atom is -0.444 e. The van der Waals surface area contributed by atoms with E-state index in [0.717, 1.165) is 5.56 Å². The first kappa shape index (κ1) is 17.3. The van der Waals surface area contributed by atoms with Crippen LogP contribution in [0.4, 0.5) is 4.79 Å². The van der Waals surface area contributed by atoms with Crippen LogP contribution in [0.25, 0.3) is 0 Å². The average molecular weight is 320 g/mol. The standard InChI is InChI=1S/C17H24N2O4/c1-17(2,3)23-16(22)19-11-13(20)9-14(19)15(21)18-10-12-7-5-4-6-8-12/h4-8,13-14,20H,9-11H2,1-3H3,(H,18,21)/t13-,14+/m1/s1. The fourth-order valence-electron chi connectivity index (χ4n) is 2.49. The van der Waals surface area contributed by atoms with Crippen LogP contribution in [0.3, 0.4) is 0 Å². The van der Waals surface area contributed by atoms with E-state index in [1.54, 1.807) is 20.8 Å². The molecule has 2 rings (SSSR count). The van der Waals surface area contributed by atoms with Crippen LogP contribution >= 0.6 is 0 Å². The van der Waals surface area contributed by atoms with E-state index in [1.807, 2.05) is 30.3 Å². The van der Waals surface area contributed by atoms with Crippen LogP contribution in [0.1, 0.15) is 32.8 Å². The van der Waals surface area contributed by atoms with E-state index < -0.39 is 23.8 Å². The second-order valence-electron chi connectivity index (χ2n) is 6.74. The van der Waals surface area contributed by atoms with Crippen molar-refractivity contribution < 1.29 is 19.4 Å². The quantitative estimate of drug-likeness (QED) is 0.888. The van der Waals surface area contributed by atoms with Crippen molar-refractivity contribution in [3.63, 3.8) is 0 Å². The molecule has 0 radical (unpaired) electrons. The maximum Gasteiger partial charge on any atom is 0.411 e. The summed E-state index contributed by atoms with van der Waals surface area (Å²) in [5, 5.41) is 12.6. The molecule has 1 aliphatic rings. The Balaban J connectivity index is 1.98. The van der Waals surface area contributed by atoms with Gasteiger partial charge in [-0.15, -0.1) is 0 Å². The van der Waals surface area contributed by atoms with Crippen LogP contribution in [-0.2, 0) is 16.1 Å². The first-order valence-electron chi connectivity index (χ1n) is 7.75. The molecule has 1 saturated heterocycles. The molecule has 2 atom stereocenters. The number of rotatable bonds is 3. The van der Waals surface area contributed by atoms with E-state index in [2.05, 4.69) is 5.32 Å². The van der Waals surface area contributed by atoms with Gasteiger partial charge in [0.2, 0.25) is 5.91 Å². The molecule has 2 amide bonds. The topological polar surface area (TPSA) is 78.9 Å². The molecule has 1 aromatic carbocycles. The summed E-state index contributed by atoms with van der Waals surface area (Å²) in [6, 6.07) is 8.82. The van der Waals surface area contributed by atoms with E-state index >= 15 is 0 Å². The van der Waals surface area contributed by atoms with Gasteiger partial charge in [0.15, 0.2) is 0 Å². The summed E-state index contributed by atoms with van der Waals surface area (Å²) in [4.78, 5) is 25.9. The predicted molar refractivity (Wildman–Crippen MR) is 85.6 cm³/mol. The molecule has 126 valence electrons. The van der Waals surface area contributed by atoms with Crippen LogP contribution in [0.15, 0.2) is 30.3 Å². The molecule has 0 spiro atoms. The Bertz CT molecular complexity index is 553. The normalized spacial score (nSPS) is 21.1. The highest BCUT2D eigenvalue weighted by Gasteiger charge is 2.40. The Labute approximate surface area is 136 Å². The number of carbonyl (C=O) groups excluding carboxylic acids is 2. The number of ether oxygens (including phenoxy) is 1. The Kier molecular flexibility index (Phi) is 5.26. The average Bonchev–Trinajstić information content (AvgIpc) is 2.86. The van der Waals surface area contributed by atoms with Crippen molar-refractivity contribution in [3.05, 3.63) is 35.9 Å². The van der Waals surface area contributed by atoms with Crippen LogP contribution in [0, 0.1) is 0 Å². The van der Waals surface area contributed by atoms with Gasteiger partial charge in [-0.05, 0) is 26.3 Å². The SMILES string of the molecule is CC(C)(C)OC(=O)N1C[C@H](O)C[C@H]1C(=O)NCc1ccccc1. The van der Waals surface area contributed by atoms with Crippen molar-refractivity contribution >= 4 is 12.0 Å². The van der Waals surface area contributed by atoms with E-state index in [4.69, 9.17) is 4.74 Å². The molecule has 6 heteroatoms. The van der Waals surface area contributed by atoms with Gasteiger partial charge in [-0.25, -0.2) is 4.79 Å². The molecule has 6 nitrogen and oxygen atoms in total. The van der Waals surface area contributed by atoms with Gasteiger partial charge in [0.25, 0.3) is 0 Å². The van der Waals surface area contributed by atoms with Crippen molar-refractivity contribution in [2.45, 2.75) is 51.5 Å². The van der Waals surface area contributed by atoms with Gasteiger partial charge < -0.3 is 15.2 Å². The summed E-state index contributed by atoms with van der Waals surface area (Å²) in [7, 11) is 0. The van der Waals surface area contributed by atoms with Gasteiger partial charge in [-0.2, -0.15) is 0 Å². The summed E-state index contributed by atoms with van der Waals surface area (Å²) in [5.74, 6) is -0.281. The second kappa shape index (κ2) is 7.00. The maximum atomic E-state index is 12.4. The maximum absolute atomic E-state index is 12.4. The number of likely N-dealkylation sites (tertiary alicyclic amines) is 1. The largest absolute Gasteiger partial charge is 0.444 e. The number of carbonyl (C=O) groups is 2. The number of β-amino-alcohol motifs (C(OH)–C–C–N with tert-alkyl or cyclic N) is 1. The number of amides is 2. The highest BCUT2D eigenvalue weighted by molar-refractivity contribution is 5.86. The van der Waals surface area contributed by atoms with Crippen LogP contribution in [-0.4, -0.2) is 46.3 Å². The van der Waals surface area contributed by atoms with Crippen molar-refractivity contribution in [2.75, 3.05) is 6.54 Å². The van der Waals surface area contributed by atoms with Gasteiger partial charge in [0, 0.05) is 13.0 Å². The number of aliphatic hydroxyl groups is 1. The molecule has 1 aromatic rings. The third kappa shape index (κ3) is 4.96. The highest BCUT2D eigenvalue weighted by atomic mass is 16.6. The van der Waals surface area contributed by atoms with Crippen molar-refractivity contribution in [1.29, 1.82) is 0 Å². The van der Waals surface area contributed by atoms with Gasteiger partial charge in [-0.1, -0.05) is 30.3 Å². The molecule has 1 fully saturated rings. The van der Waals surface area contributed by atoms with Crippen LogP contribution < -0.4 is 5.32 Å². The van der Waals surface area contributed by atoms with Crippen molar-refractivity contribution in [3.8, 4) is 0 Å².